The number of carbonyl (C=O) groups excluding carboxylic acids is 1. The van der Waals surface area contributed by atoms with Gasteiger partial charge in [-0.25, -0.2) is 8.42 Å². The molecular weight excluding hydrogens is 236 g/mol. The molecule has 100 valence electrons. The van der Waals surface area contributed by atoms with E-state index < -0.39 is 15.3 Å². The molecule has 1 aliphatic carbocycles. The molecule has 0 saturated heterocycles. The molecule has 0 heterocycles. The van der Waals surface area contributed by atoms with Crippen molar-refractivity contribution >= 4 is 15.6 Å². The van der Waals surface area contributed by atoms with Gasteiger partial charge in [0.25, 0.3) is 0 Å². The van der Waals surface area contributed by atoms with Crippen LogP contribution < -0.4 is 0 Å². The average Bonchev–Trinajstić information content (AvgIpc) is 2.26. The molecule has 2 atom stereocenters. The Bertz CT molecular complexity index is 408. The quantitative estimate of drug-likeness (QED) is 0.780. The highest BCUT2D eigenvalue weighted by molar-refractivity contribution is 7.90. The lowest BCUT2D eigenvalue weighted by atomic mass is 9.63. The van der Waals surface area contributed by atoms with Crippen LogP contribution in [0.25, 0.3) is 0 Å². The molecule has 1 fully saturated rings. The molecule has 1 aliphatic rings. The second-order valence-corrected chi connectivity index (χ2v) is 8.29. The predicted octanol–water partition coefficient (Wildman–Crippen LogP) is 2.45. The highest BCUT2D eigenvalue weighted by Gasteiger charge is 2.58. The zero-order chi connectivity index (χ0) is 13.5. The van der Waals surface area contributed by atoms with Crippen LogP contribution in [0.4, 0.5) is 0 Å². The van der Waals surface area contributed by atoms with Gasteiger partial charge in [-0.1, -0.05) is 34.1 Å². The van der Waals surface area contributed by atoms with Gasteiger partial charge in [-0.2, -0.15) is 0 Å². The SMILES string of the molecule is CCC[C@]1(CS(C)(=O)=O)C(=O)CC(C)C1(C)C. The molecule has 1 rings (SSSR count). The van der Waals surface area contributed by atoms with E-state index in [0.717, 1.165) is 6.42 Å². The van der Waals surface area contributed by atoms with Gasteiger partial charge in [0.15, 0.2) is 0 Å². The van der Waals surface area contributed by atoms with Crippen molar-refractivity contribution in [1.29, 1.82) is 0 Å². The van der Waals surface area contributed by atoms with Crippen molar-refractivity contribution in [3.63, 3.8) is 0 Å². The fourth-order valence-electron chi connectivity index (χ4n) is 3.23. The first kappa shape index (κ1) is 14.7. The number of hydrogen-bond donors (Lipinski definition) is 0. The summed E-state index contributed by atoms with van der Waals surface area (Å²) in [6.45, 7) is 8.15. The van der Waals surface area contributed by atoms with Crippen LogP contribution in [0.15, 0.2) is 0 Å². The topological polar surface area (TPSA) is 51.2 Å². The maximum Gasteiger partial charge on any atom is 0.148 e. The Morgan fingerprint density at radius 2 is 1.88 bits per heavy atom. The second kappa shape index (κ2) is 4.38. The highest BCUT2D eigenvalue weighted by Crippen LogP contribution is 2.56. The molecule has 0 aromatic carbocycles. The van der Waals surface area contributed by atoms with E-state index in [1.54, 1.807) is 0 Å². The Hall–Kier alpha value is -0.380. The van der Waals surface area contributed by atoms with Crippen molar-refractivity contribution in [2.24, 2.45) is 16.7 Å². The van der Waals surface area contributed by atoms with Crippen LogP contribution in [0.2, 0.25) is 0 Å². The summed E-state index contributed by atoms with van der Waals surface area (Å²) < 4.78 is 23.3. The van der Waals surface area contributed by atoms with E-state index >= 15 is 0 Å². The fraction of sp³-hybridized carbons (Fsp3) is 0.923. The molecule has 4 heteroatoms. The minimum Gasteiger partial charge on any atom is -0.299 e. The monoisotopic (exact) mass is 260 g/mol. The largest absolute Gasteiger partial charge is 0.299 e. The molecule has 0 bridgehead atoms. The van der Waals surface area contributed by atoms with Gasteiger partial charge in [-0.15, -0.1) is 0 Å². The van der Waals surface area contributed by atoms with Gasteiger partial charge in [0.2, 0.25) is 0 Å². The van der Waals surface area contributed by atoms with Gasteiger partial charge in [0.1, 0.15) is 15.6 Å². The summed E-state index contributed by atoms with van der Waals surface area (Å²) in [5.74, 6) is 0.398. The minimum atomic E-state index is -3.14. The predicted molar refractivity (Wildman–Crippen MR) is 69.6 cm³/mol. The van der Waals surface area contributed by atoms with Crippen molar-refractivity contribution in [3.8, 4) is 0 Å². The lowest BCUT2D eigenvalue weighted by Gasteiger charge is -2.41. The number of hydrogen-bond acceptors (Lipinski definition) is 3. The van der Waals surface area contributed by atoms with Crippen LogP contribution in [-0.2, 0) is 14.6 Å². The first-order chi connectivity index (χ1) is 7.57. The Balaban J connectivity index is 3.27. The maximum absolute atomic E-state index is 12.3. The third kappa shape index (κ3) is 2.42. The minimum absolute atomic E-state index is 0.00398. The number of carbonyl (C=O) groups is 1. The van der Waals surface area contributed by atoms with Crippen LogP contribution in [0, 0.1) is 16.7 Å². The van der Waals surface area contributed by atoms with E-state index in [1.165, 1.54) is 6.26 Å². The van der Waals surface area contributed by atoms with E-state index in [2.05, 4.69) is 6.92 Å². The zero-order valence-electron chi connectivity index (χ0n) is 11.5. The Morgan fingerprint density at radius 3 is 2.18 bits per heavy atom. The molecule has 1 unspecified atom stereocenters. The molecule has 0 N–H and O–H groups in total. The van der Waals surface area contributed by atoms with E-state index in [4.69, 9.17) is 0 Å². The Morgan fingerprint density at radius 1 is 1.35 bits per heavy atom. The summed E-state index contributed by atoms with van der Waals surface area (Å²) in [6, 6.07) is 0. The molecule has 17 heavy (non-hydrogen) atoms. The van der Waals surface area contributed by atoms with Gasteiger partial charge in [-0.05, 0) is 17.8 Å². The third-order valence-corrected chi connectivity index (χ3v) is 5.69. The Kier molecular flexibility index (Phi) is 3.78. The third-order valence-electron chi connectivity index (χ3n) is 4.68. The number of sulfone groups is 1. The maximum atomic E-state index is 12.3. The van der Waals surface area contributed by atoms with Gasteiger partial charge >= 0.3 is 0 Å². The molecule has 0 aromatic heterocycles. The summed E-state index contributed by atoms with van der Waals surface area (Å²) in [5.41, 5.74) is -0.905. The smallest absolute Gasteiger partial charge is 0.148 e. The number of Topliss-reactive ketones (excluding diaryl/α,β-unsaturated/α-hetero) is 1. The summed E-state index contributed by atoms with van der Waals surface area (Å²) in [7, 11) is -3.14. The molecule has 0 spiro atoms. The zero-order valence-corrected chi connectivity index (χ0v) is 12.4. The summed E-state index contributed by atoms with van der Waals surface area (Å²) in [5, 5.41) is 0. The number of ketones is 1. The van der Waals surface area contributed by atoms with Crippen molar-refractivity contribution in [2.75, 3.05) is 12.0 Å². The van der Waals surface area contributed by atoms with Crippen molar-refractivity contribution in [2.45, 2.75) is 47.0 Å². The van der Waals surface area contributed by atoms with E-state index in [1.807, 2.05) is 20.8 Å². The molecule has 0 amide bonds. The van der Waals surface area contributed by atoms with Crippen LogP contribution in [0.1, 0.15) is 47.0 Å². The lowest BCUT2D eigenvalue weighted by molar-refractivity contribution is -0.128. The first-order valence-electron chi connectivity index (χ1n) is 6.28. The van der Waals surface area contributed by atoms with Crippen molar-refractivity contribution in [3.05, 3.63) is 0 Å². The normalized spacial score (nSPS) is 33.0. The standard InChI is InChI=1S/C13H24O3S/c1-6-7-13(9-17(5,15)16)11(14)8-10(2)12(13,3)4/h10H,6-9H2,1-5H3/t10?,13-/m0/s1. The number of rotatable bonds is 4. The molecule has 0 radical (unpaired) electrons. The molecule has 3 nitrogen and oxygen atoms in total. The highest BCUT2D eigenvalue weighted by atomic mass is 32.2. The van der Waals surface area contributed by atoms with Crippen molar-refractivity contribution in [1.82, 2.24) is 0 Å². The first-order valence-corrected chi connectivity index (χ1v) is 8.34. The Labute approximate surface area is 105 Å². The van der Waals surface area contributed by atoms with Gasteiger partial charge in [-0.3, -0.25) is 4.79 Å². The van der Waals surface area contributed by atoms with Crippen molar-refractivity contribution < 1.29 is 13.2 Å². The second-order valence-electron chi connectivity index (χ2n) is 6.15. The van der Waals surface area contributed by atoms with E-state index in [9.17, 15) is 13.2 Å². The lowest BCUT2D eigenvalue weighted by Crippen LogP contribution is -2.45. The fourth-order valence-corrected chi connectivity index (χ4v) is 4.81. The summed E-state index contributed by atoms with van der Waals surface area (Å²) in [4.78, 5) is 12.3. The summed E-state index contributed by atoms with van der Waals surface area (Å²) >= 11 is 0. The summed E-state index contributed by atoms with van der Waals surface area (Å²) in [6.07, 6.45) is 3.27. The average molecular weight is 260 g/mol. The molecule has 0 aliphatic heterocycles. The van der Waals surface area contributed by atoms with Crippen LogP contribution >= 0.6 is 0 Å². The molecule has 1 saturated carbocycles. The van der Waals surface area contributed by atoms with Gasteiger partial charge in [0, 0.05) is 18.1 Å². The molecular formula is C13H24O3S. The molecule has 0 aromatic rings. The van der Waals surface area contributed by atoms with Gasteiger partial charge in [0.05, 0.1) is 5.75 Å². The van der Waals surface area contributed by atoms with E-state index in [0.29, 0.717) is 12.8 Å². The van der Waals surface area contributed by atoms with E-state index in [-0.39, 0.29) is 22.9 Å². The van der Waals surface area contributed by atoms with Crippen LogP contribution in [0.5, 0.6) is 0 Å². The van der Waals surface area contributed by atoms with Crippen LogP contribution in [-0.4, -0.2) is 26.2 Å². The van der Waals surface area contributed by atoms with Crippen LogP contribution in [0.3, 0.4) is 0 Å². The van der Waals surface area contributed by atoms with Gasteiger partial charge < -0.3 is 0 Å².